The highest BCUT2D eigenvalue weighted by molar-refractivity contribution is 7.91. The van der Waals surface area contributed by atoms with Crippen molar-refractivity contribution in [3.63, 3.8) is 0 Å². The average molecular weight is 833 g/mol. The summed E-state index contributed by atoms with van der Waals surface area (Å²) in [4.78, 5) is 75.1. The number of nitrogens with one attached hydrogen (secondary N) is 4. The summed E-state index contributed by atoms with van der Waals surface area (Å²) in [5.74, 6) is -5.72. The van der Waals surface area contributed by atoms with Crippen molar-refractivity contribution < 1.29 is 45.9 Å². The molecule has 3 saturated carbocycles. The Morgan fingerprint density at radius 1 is 1.14 bits per heavy atom. The number of rotatable bonds is 17. The van der Waals surface area contributed by atoms with Crippen LogP contribution < -0.4 is 25.7 Å². The van der Waals surface area contributed by atoms with E-state index in [1.54, 1.807) is 26.8 Å². The molecule has 4 N–H and O–H groups in total. The molecular weight excluding hydrogens is 779 g/mol. The summed E-state index contributed by atoms with van der Waals surface area (Å²) in [5.41, 5.74) is -3.63. The highest BCUT2D eigenvalue weighted by Gasteiger charge is 2.62. The lowest BCUT2D eigenvalue weighted by molar-refractivity contribution is -0.143. The van der Waals surface area contributed by atoms with E-state index >= 15 is 8.78 Å². The Bertz CT molecular complexity index is 2120. The zero-order valence-electron chi connectivity index (χ0n) is 33.6. The Kier molecular flexibility index (Phi) is 12.0. The van der Waals surface area contributed by atoms with E-state index in [1.807, 2.05) is 6.92 Å². The van der Waals surface area contributed by atoms with Crippen LogP contribution in [0.5, 0.6) is 5.75 Å². The summed E-state index contributed by atoms with van der Waals surface area (Å²) in [6.07, 6.45) is 3.31. The van der Waals surface area contributed by atoms with Crippen LogP contribution in [0.15, 0.2) is 35.6 Å². The highest BCUT2D eigenvalue weighted by Crippen LogP contribution is 2.46. The van der Waals surface area contributed by atoms with Gasteiger partial charge in [0.2, 0.25) is 21.8 Å². The molecule has 1 aromatic carbocycles. The van der Waals surface area contributed by atoms with E-state index in [2.05, 4.69) is 31.9 Å². The van der Waals surface area contributed by atoms with Crippen LogP contribution in [0.3, 0.4) is 0 Å². The number of fused-ring (bicyclic) bond motifs is 1. The monoisotopic (exact) mass is 832 g/mol. The number of methoxy groups -OCH3 is 1. The first-order valence-corrected chi connectivity index (χ1v) is 21.5. The number of alkyl halides is 2. The molecule has 2 heterocycles. The zero-order valence-corrected chi connectivity index (χ0v) is 34.4. The number of unbranched alkanes of at least 4 members (excludes halogenated alkanes) is 1. The van der Waals surface area contributed by atoms with Crippen LogP contribution in [0.25, 0.3) is 11.0 Å². The van der Waals surface area contributed by atoms with Crippen LogP contribution in [-0.2, 0) is 35.1 Å². The lowest BCUT2D eigenvalue weighted by atomic mass is 9.85. The van der Waals surface area contributed by atoms with Gasteiger partial charge in [0.05, 0.1) is 23.4 Å². The molecule has 4 amide bonds. The minimum atomic E-state index is -3.88. The van der Waals surface area contributed by atoms with Crippen molar-refractivity contribution in [3.05, 3.63) is 46.9 Å². The number of benzene rings is 1. The maximum Gasteiger partial charge on any atom is 0.408 e. The highest BCUT2D eigenvalue weighted by atomic mass is 32.2. The molecule has 7 atom stereocenters. The molecule has 4 fully saturated rings. The number of sulfonamides is 1. The van der Waals surface area contributed by atoms with Gasteiger partial charge in [-0.05, 0) is 74.3 Å². The Morgan fingerprint density at radius 3 is 2.48 bits per heavy atom. The topological polar surface area (TPSA) is 206 Å². The predicted molar refractivity (Wildman–Crippen MR) is 209 cm³/mol. The Morgan fingerprint density at radius 2 is 1.86 bits per heavy atom. The smallest absolute Gasteiger partial charge is 0.408 e. The molecule has 1 aliphatic heterocycles. The van der Waals surface area contributed by atoms with Crippen LogP contribution in [0, 0.1) is 23.2 Å². The number of ether oxygens (including phenoxy) is 2. The summed E-state index contributed by atoms with van der Waals surface area (Å²) < 4.78 is 68.3. The molecule has 15 nitrogen and oxygen atoms in total. The van der Waals surface area contributed by atoms with Gasteiger partial charge in [-0.15, -0.1) is 6.58 Å². The Balaban J connectivity index is 1.02. The van der Waals surface area contributed by atoms with E-state index in [1.165, 1.54) is 30.2 Å². The van der Waals surface area contributed by atoms with Gasteiger partial charge in [-0.2, -0.15) is 8.78 Å². The van der Waals surface area contributed by atoms with E-state index in [0.717, 1.165) is 0 Å². The molecule has 3 aliphatic carbocycles. The number of H-pyrrole nitrogens is 1. The molecule has 3 unspecified atom stereocenters. The number of nitrogens with zero attached hydrogens (tertiary/aromatic N) is 2. The maximum absolute atomic E-state index is 15.1. The SMILES string of the molecule is C=C[C@@H]1CC1(NC(=O)[C@@H]1C(CC)CCN1C(=O)[C@@H](NC(=O)OC1C[C@H]1CCCCC(F)(F)c1nc2ccc(OC)cc2[nH]c1=O)C(C)(C)C)C(=O)NS(=O)(=O)C1CC1. The first kappa shape index (κ1) is 43.0. The fourth-order valence-corrected chi connectivity index (χ4v) is 9.34. The number of alkyl carbamates (subject to hydrolysis) is 1. The van der Waals surface area contributed by atoms with Crippen LogP contribution in [0.1, 0.15) is 97.6 Å². The lowest BCUT2D eigenvalue weighted by Crippen LogP contribution is -2.61. The molecule has 4 aliphatic rings. The molecule has 0 spiro atoms. The minimum Gasteiger partial charge on any atom is -0.497 e. The normalized spacial score (nSPS) is 26.1. The van der Waals surface area contributed by atoms with Gasteiger partial charge in [0, 0.05) is 24.9 Å². The van der Waals surface area contributed by atoms with Crippen molar-refractivity contribution >= 4 is 44.9 Å². The number of carbonyl (C=O) groups is 4. The van der Waals surface area contributed by atoms with Crippen molar-refractivity contribution in [1.82, 2.24) is 30.2 Å². The number of likely N-dealkylation sites (tertiary alicyclic amines) is 1. The van der Waals surface area contributed by atoms with Gasteiger partial charge in [-0.1, -0.05) is 46.6 Å². The third kappa shape index (κ3) is 9.15. The molecule has 6 rings (SSSR count). The minimum absolute atomic E-state index is 0.0529. The Labute approximate surface area is 336 Å². The number of aromatic nitrogens is 2. The maximum atomic E-state index is 15.1. The summed E-state index contributed by atoms with van der Waals surface area (Å²) in [6.45, 7) is 11.2. The number of hydrogen-bond acceptors (Lipinski definition) is 10. The molecule has 1 aromatic heterocycles. The molecule has 318 valence electrons. The molecule has 0 bridgehead atoms. The van der Waals surface area contributed by atoms with Crippen LogP contribution in [-0.4, -0.2) is 89.7 Å². The van der Waals surface area contributed by atoms with Crippen molar-refractivity contribution in [3.8, 4) is 5.75 Å². The van der Waals surface area contributed by atoms with E-state index in [-0.39, 0.29) is 42.3 Å². The van der Waals surface area contributed by atoms with Gasteiger partial charge in [-0.3, -0.25) is 23.9 Å². The second-order valence-corrected chi connectivity index (χ2v) is 19.2. The number of carbonyl (C=O) groups excluding carboxylic acids is 4. The largest absolute Gasteiger partial charge is 0.497 e. The summed E-state index contributed by atoms with van der Waals surface area (Å²) in [5, 5.41) is 4.87. The van der Waals surface area contributed by atoms with Crippen molar-refractivity contribution in [1.29, 1.82) is 0 Å². The average Bonchev–Trinajstić information content (AvgIpc) is 4.09. The Hall–Kier alpha value is -4.61. The number of halogens is 2. The van der Waals surface area contributed by atoms with E-state index < -0.39 is 97.7 Å². The van der Waals surface area contributed by atoms with E-state index in [9.17, 15) is 32.4 Å². The van der Waals surface area contributed by atoms with Gasteiger partial charge in [0.1, 0.15) is 29.5 Å². The van der Waals surface area contributed by atoms with Crippen LogP contribution >= 0.6 is 0 Å². The fourth-order valence-electron chi connectivity index (χ4n) is 7.98. The van der Waals surface area contributed by atoms with Crippen LogP contribution in [0.4, 0.5) is 13.6 Å². The number of amides is 4. The second-order valence-electron chi connectivity index (χ2n) is 17.2. The summed E-state index contributed by atoms with van der Waals surface area (Å²) >= 11 is 0. The fraction of sp³-hybridized carbons (Fsp3) is 0.650. The predicted octanol–water partition coefficient (Wildman–Crippen LogP) is 4.41. The first-order chi connectivity index (χ1) is 27.2. The molecular formula is C40H54F2N6O9S. The molecule has 18 heteroatoms. The summed E-state index contributed by atoms with van der Waals surface area (Å²) in [6, 6.07) is 2.50. The van der Waals surface area contributed by atoms with Crippen molar-refractivity contribution in [2.75, 3.05) is 13.7 Å². The number of aromatic amines is 1. The third-order valence-electron chi connectivity index (χ3n) is 11.9. The van der Waals surface area contributed by atoms with Gasteiger partial charge < -0.3 is 30.0 Å². The number of hydrogen-bond donors (Lipinski definition) is 4. The van der Waals surface area contributed by atoms with E-state index in [4.69, 9.17) is 9.47 Å². The molecule has 0 radical (unpaired) electrons. The molecule has 1 saturated heterocycles. The standard InChI is InChI=1S/C40H54F2N6O9S/c1-7-22-16-18-48(30(22)33(49)46-39(21-24(39)8-2)36(52)47-58(54,55)26-13-14-26)35(51)32(38(3,4)5)45-37(53)57-29-19-23(29)11-9-10-17-40(41,42)31-34(50)44-28-20-25(56-6)12-15-27(28)43-31/h8,12,15,20,22-24,26,29-30,32H,2,7,9-11,13-14,16-19,21H2,1,3-6H3,(H,44,50)(H,45,53)(H,46,49)(H,47,52)/t22?,23-,24-,29?,30+,32-,39?/m1/s1. The summed E-state index contributed by atoms with van der Waals surface area (Å²) in [7, 11) is -2.43. The second kappa shape index (κ2) is 16.2. The first-order valence-electron chi connectivity index (χ1n) is 20.0. The van der Waals surface area contributed by atoms with Gasteiger partial charge >= 0.3 is 6.09 Å². The van der Waals surface area contributed by atoms with Gasteiger partial charge in [0.15, 0.2) is 5.69 Å². The van der Waals surface area contributed by atoms with E-state index in [0.29, 0.717) is 50.7 Å². The molecule has 58 heavy (non-hydrogen) atoms. The molecule has 2 aromatic rings. The van der Waals surface area contributed by atoms with Gasteiger partial charge in [0.25, 0.3) is 17.4 Å². The van der Waals surface area contributed by atoms with Crippen molar-refractivity contribution in [2.24, 2.45) is 23.2 Å². The third-order valence-corrected chi connectivity index (χ3v) is 13.7. The quantitative estimate of drug-likeness (QED) is 0.131. The zero-order chi connectivity index (χ0) is 42.4. The van der Waals surface area contributed by atoms with Crippen molar-refractivity contribution in [2.45, 2.75) is 127 Å². The van der Waals surface area contributed by atoms with Gasteiger partial charge in [-0.25, -0.2) is 18.2 Å². The van der Waals surface area contributed by atoms with Crippen LogP contribution in [0.2, 0.25) is 0 Å². The lowest BCUT2D eigenvalue weighted by Gasteiger charge is -2.36.